The van der Waals surface area contributed by atoms with Crippen LogP contribution in [0.2, 0.25) is 0 Å². The van der Waals surface area contributed by atoms with Crippen molar-refractivity contribution >= 4 is 5.91 Å². The zero-order chi connectivity index (χ0) is 11.1. The molecular weight excluding hydrogens is 194 g/mol. The van der Waals surface area contributed by atoms with E-state index in [1.165, 1.54) is 0 Å². The Morgan fingerprint density at radius 2 is 2.33 bits per heavy atom. The molecule has 0 bridgehead atoms. The van der Waals surface area contributed by atoms with Crippen LogP contribution in [0.5, 0.6) is 0 Å². The summed E-state index contributed by atoms with van der Waals surface area (Å²) in [4.78, 5) is 11.5. The Balaban J connectivity index is 2.33. The van der Waals surface area contributed by atoms with Gasteiger partial charge < -0.3 is 14.5 Å². The molecule has 1 amide bonds. The van der Waals surface area contributed by atoms with E-state index in [1.54, 1.807) is 13.2 Å². The van der Waals surface area contributed by atoms with Crippen molar-refractivity contribution in [2.45, 2.75) is 19.8 Å². The summed E-state index contributed by atoms with van der Waals surface area (Å²) in [5.74, 6) is 1.05. The van der Waals surface area contributed by atoms with Gasteiger partial charge in [0.05, 0.1) is 0 Å². The van der Waals surface area contributed by atoms with Crippen LogP contribution in [0.25, 0.3) is 0 Å². The molecule has 1 heterocycles. The standard InChI is InChI=1S/C11H17NO3/c1-3-9-5-6-10(15-9)11(13)12-7-4-8-14-2/h5-6H,3-4,7-8H2,1-2H3,(H,12,13). The number of carbonyl (C=O) groups excluding carboxylic acids is 1. The number of hydrogen-bond donors (Lipinski definition) is 1. The second-order valence-corrected chi connectivity index (χ2v) is 3.22. The number of methoxy groups -OCH3 is 1. The van der Waals surface area contributed by atoms with Crippen molar-refractivity contribution in [1.29, 1.82) is 0 Å². The fourth-order valence-corrected chi connectivity index (χ4v) is 1.20. The molecule has 1 aromatic heterocycles. The molecule has 84 valence electrons. The first-order valence-electron chi connectivity index (χ1n) is 5.13. The quantitative estimate of drug-likeness (QED) is 0.727. The molecule has 0 atom stereocenters. The van der Waals surface area contributed by atoms with E-state index in [-0.39, 0.29) is 5.91 Å². The van der Waals surface area contributed by atoms with Crippen LogP contribution in [-0.2, 0) is 11.2 Å². The minimum atomic E-state index is -0.161. The highest BCUT2D eigenvalue weighted by atomic mass is 16.5. The van der Waals surface area contributed by atoms with Gasteiger partial charge in [-0.2, -0.15) is 0 Å². The van der Waals surface area contributed by atoms with E-state index in [1.807, 2.05) is 13.0 Å². The molecule has 0 aromatic carbocycles. The maximum atomic E-state index is 11.5. The largest absolute Gasteiger partial charge is 0.456 e. The summed E-state index contributed by atoms with van der Waals surface area (Å²) in [6.45, 7) is 3.24. The normalized spacial score (nSPS) is 10.3. The van der Waals surface area contributed by atoms with Crippen LogP contribution >= 0.6 is 0 Å². The molecule has 0 fully saturated rings. The van der Waals surface area contributed by atoms with Crippen LogP contribution in [0.3, 0.4) is 0 Å². The second-order valence-electron chi connectivity index (χ2n) is 3.22. The molecule has 4 nitrogen and oxygen atoms in total. The summed E-state index contributed by atoms with van der Waals surface area (Å²) in [6, 6.07) is 3.52. The zero-order valence-corrected chi connectivity index (χ0v) is 9.21. The Bertz CT molecular complexity index is 307. The van der Waals surface area contributed by atoms with Crippen molar-refractivity contribution < 1.29 is 13.9 Å². The molecule has 0 aliphatic rings. The lowest BCUT2D eigenvalue weighted by atomic mass is 10.3. The Labute approximate surface area is 89.6 Å². The summed E-state index contributed by atoms with van der Waals surface area (Å²) in [7, 11) is 1.64. The van der Waals surface area contributed by atoms with Crippen molar-refractivity contribution in [3.63, 3.8) is 0 Å². The predicted molar refractivity (Wildman–Crippen MR) is 56.9 cm³/mol. The molecule has 0 unspecified atom stereocenters. The van der Waals surface area contributed by atoms with Crippen molar-refractivity contribution in [3.8, 4) is 0 Å². The van der Waals surface area contributed by atoms with E-state index in [2.05, 4.69) is 5.32 Å². The molecule has 1 rings (SSSR count). The Hall–Kier alpha value is -1.29. The average Bonchev–Trinajstić information content (AvgIpc) is 2.72. The van der Waals surface area contributed by atoms with Crippen LogP contribution in [-0.4, -0.2) is 26.2 Å². The fraction of sp³-hybridized carbons (Fsp3) is 0.545. The molecule has 4 heteroatoms. The third-order valence-electron chi connectivity index (χ3n) is 2.04. The van der Waals surface area contributed by atoms with E-state index >= 15 is 0 Å². The third-order valence-corrected chi connectivity index (χ3v) is 2.04. The number of aryl methyl sites for hydroxylation is 1. The Morgan fingerprint density at radius 3 is 2.93 bits per heavy atom. The molecule has 15 heavy (non-hydrogen) atoms. The van der Waals surface area contributed by atoms with Gasteiger partial charge in [0.2, 0.25) is 0 Å². The predicted octanol–water partition coefficient (Wildman–Crippen LogP) is 1.61. The van der Waals surface area contributed by atoms with Crippen LogP contribution in [0.15, 0.2) is 16.5 Å². The Kier molecular flexibility index (Phi) is 4.90. The molecule has 0 spiro atoms. The summed E-state index contributed by atoms with van der Waals surface area (Å²) in [6.07, 6.45) is 1.61. The third kappa shape index (κ3) is 3.75. The van der Waals surface area contributed by atoms with Gasteiger partial charge in [-0.15, -0.1) is 0 Å². The topological polar surface area (TPSA) is 51.5 Å². The molecule has 0 saturated carbocycles. The van der Waals surface area contributed by atoms with E-state index in [4.69, 9.17) is 9.15 Å². The second kappa shape index (κ2) is 6.24. The SMILES string of the molecule is CCc1ccc(C(=O)NCCCOC)o1. The van der Waals surface area contributed by atoms with E-state index in [9.17, 15) is 4.79 Å². The van der Waals surface area contributed by atoms with Gasteiger partial charge in [0.1, 0.15) is 5.76 Å². The number of carbonyl (C=O) groups is 1. The maximum absolute atomic E-state index is 11.5. The minimum Gasteiger partial charge on any atom is -0.456 e. The van der Waals surface area contributed by atoms with Crippen molar-refractivity contribution in [2.24, 2.45) is 0 Å². The first-order valence-corrected chi connectivity index (χ1v) is 5.13. The number of hydrogen-bond acceptors (Lipinski definition) is 3. The summed E-state index contributed by atoms with van der Waals surface area (Å²) < 4.78 is 10.2. The lowest BCUT2D eigenvalue weighted by Gasteiger charge is -2.01. The zero-order valence-electron chi connectivity index (χ0n) is 9.21. The number of nitrogens with one attached hydrogen (secondary N) is 1. The lowest BCUT2D eigenvalue weighted by Crippen LogP contribution is -2.24. The van der Waals surface area contributed by atoms with Gasteiger partial charge in [-0.3, -0.25) is 4.79 Å². The molecule has 0 saturated heterocycles. The number of ether oxygens (including phenoxy) is 1. The monoisotopic (exact) mass is 211 g/mol. The van der Waals surface area contributed by atoms with Crippen LogP contribution in [0.1, 0.15) is 29.7 Å². The van der Waals surface area contributed by atoms with E-state index in [0.29, 0.717) is 18.9 Å². The average molecular weight is 211 g/mol. The van der Waals surface area contributed by atoms with Gasteiger partial charge in [-0.05, 0) is 18.6 Å². The number of furan rings is 1. The molecular formula is C11H17NO3. The van der Waals surface area contributed by atoms with Gasteiger partial charge in [-0.1, -0.05) is 6.92 Å². The van der Waals surface area contributed by atoms with Gasteiger partial charge >= 0.3 is 0 Å². The lowest BCUT2D eigenvalue weighted by molar-refractivity contribution is 0.0919. The fourth-order valence-electron chi connectivity index (χ4n) is 1.20. The summed E-state index contributed by atoms with van der Waals surface area (Å²) in [5.41, 5.74) is 0. The summed E-state index contributed by atoms with van der Waals surface area (Å²) in [5, 5.41) is 2.76. The smallest absolute Gasteiger partial charge is 0.286 e. The van der Waals surface area contributed by atoms with Crippen molar-refractivity contribution in [2.75, 3.05) is 20.3 Å². The van der Waals surface area contributed by atoms with Gasteiger partial charge in [0, 0.05) is 26.7 Å². The highest BCUT2D eigenvalue weighted by molar-refractivity contribution is 5.91. The minimum absolute atomic E-state index is 0.161. The van der Waals surface area contributed by atoms with E-state index < -0.39 is 0 Å². The van der Waals surface area contributed by atoms with Crippen LogP contribution in [0, 0.1) is 0 Å². The van der Waals surface area contributed by atoms with Crippen molar-refractivity contribution in [3.05, 3.63) is 23.7 Å². The molecule has 1 N–H and O–H groups in total. The van der Waals surface area contributed by atoms with Gasteiger partial charge in [0.25, 0.3) is 5.91 Å². The highest BCUT2D eigenvalue weighted by Gasteiger charge is 2.09. The number of rotatable bonds is 6. The van der Waals surface area contributed by atoms with Crippen LogP contribution < -0.4 is 5.32 Å². The molecule has 0 aliphatic carbocycles. The van der Waals surface area contributed by atoms with Crippen molar-refractivity contribution in [1.82, 2.24) is 5.32 Å². The van der Waals surface area contributed by atoms with E-state index in [0.717, 1.165) is 18.6 Å². The van der Waals surface area contributed by atoms with Crippen LogP contribution in [0.4, 0.5) is 0 Å². The first-order chi connectivity index (χ1) is 7.27. The van der Waals surface area contributed by atoms with Gasteiger partial charge in [0.15, 0.2) is 5.76 Å². The molecule has 1 aromatic rings. The number of amides is 1. The maximum Gasteiger partial charge on any atom is 0.286 e. The Morgan fingerprint density at radius 1 is 1.53 bits per heavy atom. The molecule has 0 aliphatic heterocycles. The summed E-state index contributed by atoms with van der Waals surface area (Å²) >= 11 is 0. The highest BCUT2D eigenvalue weighted by Crippen LogP contribution is 2.07. The first kappa shape index (κ1) is 11.8. The van der Waals surface area contributed by atoms with Gasteiger partial charge in [-0.25, -0.2) is 0 Å². The molecule has 0 radical (unpaired) electrons.